The zero-order chi connectivity index (χ0) is 19.1. The molecule has 1 atom stereocenters. The number of ether oxygens (including phenoxy) is 3. The van der Waals surface area contributed by atoms with Gasteiger partial charge in [-0.25, -0.2) is 4.79 Å². The highest BCUT2D eigenvalue weighted by Crippen LogP contribution is 2.37. The van der Waals surface area contributed by atoms with Crippen molar-refractivity contribution in [3.05, 3.63) is 28.3 Å². The van der Waals surface area contributed by atoms with Crippen LogP contribution >= 0.6 is 11.6 Å². The third-order valence-electron chi connectivity index (χ3n) is 4.06. The van der Waals surface area contributed by atoms with Crippen LogP contribution in [-0.2, 0) is 25.5 Å². The third-order valence-corrected chi connectivity index (χ3v) is 4.34. The van der Waals surface area contributed by atoms with Crippen LogP contribution in [-0.4, -0.2) is 44.7 Å². The zero-order valence-electron chi connectivity index (χ0n) is 14.8. The summed E-state index contributed by atoms with van der Waals surface area (Å²) in [6.45, 7) is 0.342. The van der Waals surface area contributed by atoms with Crippen molar-refractivity contribution in [2.24, 2.45) is 0 Å². The molecule has 0 bridgehead atoms. The summed E-state index contributed by atoms with van der Waals surface area (Å²) in [7, 11) is 2.65. The first-order chi connectivity index (χ1) is 12.4. The van der Waals surface area contributed by atoms with Crippen LogP contribution < -0.4 is 10.1 Å². The number of amides is 1. The van der Waals surface area contributed by atoms with E-state index in [-0.39, 0.29) is 18.0 Å². The van der Waals surface area contributed by atoms with E-state index in [1.54, 1.807) is 6.07 Å². The van der Waals surface area contributed by atoms with Gasteiger partial charge in [-0.1, -0.05) is 11.6 Å². The highest BCUT2D eigenvalue weighted by molar-refractivity contribution is 6.32. The Morgan fingerprint density at radius 1 is 1.19 bits per heavy atom. The number of esters is 2. The Balaban J connectivity index is 1.78. The Labute approximate surface area is 156 Å². The molecule has 0 spiro atoms. The minimum absolute atomic E-state index is 0.101. The van der Waals surface area contributed by atoms with E-state index in [1.807, 2.05) is 0 Å². The molecule has 1 aliphatic heterocycles. The smallest absolute Gasteiger partial charge is 0.337 e. The lowest BCUT2D eigenvalue weighted by Gasteiger charge is -2.12. The Bertz CT molecular complexity index is 691. The van der Waals surface area contributed by atoms with Gasteiger partial charge in [0.15, 0.2) is 0 Å². The average Bonchev–Trinajstić information content (AvgIpc) is 3.06. The molecule has 0 saturated heterocycles. The van der Waals surface area contributed by atoms with E-state index in [0.717, 1.165) is 5.56 Å². The summed E-state index contributed by atoms with van der Waals surface area (Å²) in [5.74, 6) is -0.295. The minimum atomic E-state index is -0.460. The lowest BCUT2D eigenvalue weighted by atomic mass is 10.1. The molecule has 0 fully saturated rings. The van der Waals surface area contributed by atoms with E-state index in [4.69, 9.17) is 21.1 Å². The fraction of sp³-hybridized carbons (Fsp3) is 0.500. The maximum atomic E-state index is 11.9. The van der Waals surface area contributed by atoms with E-state index < -0.39 is 5.97 Å². The van der Waals surface area contributed by atoms with Gasteiger partial charge in [-0.2, -0.15) is 0 Å². The topological polar surface area (TPSA) is 90.9 Å². The molecule has 1 unspecified atom stereocenters. The summed E-state index contributed by atoms with van der Waals surface area (Å²) in [6.07, 6.45) is 2.17. The molecule has 7 nitrogen and oxygen atoms in total. The molecule has 26 heavy (non-hydrogen) atoms. The highest BCUT2D eigenvalue weighted by Gasteiger charge is 2.27. The standard InChI is InChI=1S/C18H22ClNO6/c1-24-16(22)6-4-3-5-15(21)20-10-13-8-11-7-12(18(23)25-2)9-14(19)17(11)26-13/h7,9,13H,3-6,8,10H2,1-2H3,(H,20,21). The van der Waals surface area contributed by atoms with Gasteiger partial charge in [0.2, 0.25) is 5.91 Å². The monoisotopic (exact) mass is 383 g/mol. The summed E-state index contributed by atoms with van der Waals surface area (Å²) in [5.41, 5.74) is 1.19. The summed E-state index contributed by atoms with van der Waals surface area (Å²) in [5, 5.41) is 3.16. The Morgan fingerprint density at radius 3 is 2.62 bits per heavy atom. The van der Waals surface area contributed by atoms with Crippen molar-refractivity contribution in [2.45, 2.75) is 38.2 Å². The van der Waals surface area contributed by atoms with Gasteiger partial charge in [0.25, 0.3) is 0 Å². The summed E-state index contributed by atoms with van der Waals surface area (Å²) < 4.78 is 15.0. The molecule has 0 saturated carbocycles. The number of rotatable bonds is 8. The van der Waals surface area contributed by atoms with E-state index in [9.17, 15) is 14.4 Å². The number of benzene rings is 1. The quantitative estimate of drug-likeness (QED) is 0.547. The molecule has 1 amide bonds. The summed E-state index contributed by atoms with van der Waals surface area (Å²) in [4.78, 5) is 34.5. The van der Waals surface area contributed by atoms with Gasteiger partial charge in [0.1, 0.15) is 11.9 Å². The number of carbonyl (C=O) groups is 3. The van der Waals surface area contributed by atoms with Crippen LogP contribution in [0.1, 0.15) is 41.6 Å². The lowest BCUT2D eigenvalue weighted by molar-refractivity contribution is -0.140. The number of hydrogen-bond acceptors (Lipinski definition) is 6. The number of unbranched alkanes of at least 4 members (excludes halogenated alkanes) is 1. The van der Waals surface area contributed by atoms with Crippen molar-refractivity contribution in [1.29, 1.82) is 0 Å². The van der Waals surface area contributed by atoms with Crippen molar-refractivity contribution in [1.82, 2.24) is 5.32 Å². The van der Waals surface area contributed by atoms with E-state index in [0.29, 0.717) is 55.0 Å². The largest absolute Gasteiger partial charge is 0.486 e. The van der Waals surface area contributed by atoms with Crippen LogP contribution in [0.4, 0.5) is 0 Å². The maximum absolute atomic E-state index is 11.9. The number of methoxy groups -OCH3 is 2. The third kappa shape index (κ3) is 5.36. The van der Waals surface area contributed by atoms with Crippen molar-refractivity contribution in [3.8, 4) is 5.75 Å². The number of halogens is 1. The number of nitrogens with one attached hydrogen (secondary N) is 1. The van der Waals surface area contributed by atoms with Crippen molar-refractivity contribution >= 4 is 29.4 Å². The normalized spacial score (nSPS) is 15.0. The average molecular weight is 384 g/mol. The van der Waals surface area contributed by atoms with Crippen LogP contribution in [0.2, 0.25) is 5.02 Å². The zero-order valence-corrected chi connectivity index (χ0v) is 15.6. The van der Waals surface area contributed by atoms with Crippen LogP contribution in [0.15, 0.2) is 12.1 Å². The van der Waals surface area contributed by atoms with Gasteiger partial charge in [-0.15, -0.1) is 0 Å². The van der Waals surface area contributed by atoms with Crippen LogP contribution in [0.3, 0.4) is 0 Å². The molecule has 0 aromatic heterocycles. The molecule has 1 aromatic carbocycles. The summed E-state index contributed by atoms with van der Waals surface area (Å²) >= 11 is 6.17. The minimum Gasteiger partial charge on any atom is -0.486 e. The first-order valence-corrected chi connectivity index (χ1v) is 8.73. The fourth-order valence-corrected chi connectivity index (χ4v) is 2.99. The first-order valence-electron chi connectivity index (χ1n) is 8.35. The SMILES string of the molecule is COC(=O)CCCCC(=O)NCC1Cc2cc(C(=O)OC)cc(Cl)c2O1. The fourth-order valence-electron chi connectivity index (χ4n) is 2.71. The second-order valence-corrected chi connectivity index (χ2v) is 6.38. The second kappa shape index (κ2) is 9.43. The van der Waals surface area contributed by atoms with Gasteiger partial charge in [0, 0.05) is 24.8 Å². The van der Waals surface area contributed by atoms with Crippen LogP contribution in [0.25, 0.3) is 0 Å². The first kappa shape index (κ1) is 20.0. The van der Waals surface area contributed by atoms with E-state index in [1.165, 1.54) is 20.3 Å². The highest BCUT2D eigenvalue weighted by atomic mass is 35.5. The van der Waals surface area contributed by atoms with Crippen molar-refractivity contribution < 1.29 is 28.6 Å². The van der Waals surface area contributed by atoms with Gasteiger partial charge >= 0.3 is 11.9 Å². The molecule has 1 heterocycles. The Hall–Kier alpha value is -2.28. The number of carbonyl (C=O) groups excluding carboxylic acids is 3. The second-order valence-electron chi connectivity index (χ2n) is 5.97. The Morgan fingerprint density at radius 2 is 1.92 bits per heavy atom. The molecule has 1 aliphatic rings. The molecule has 1 N–H and O–H groups in total. The molecule has 1 aromatic rings. The van der Waals surface area contributed by atoms with Gasteiger partial charge < -0.3 is 19.5 Å². The lowest BCUT2D eigenvalue weighted by Crippen LogP contribution is -2.34. The number of fused-ring (bicyclic) bond motifs is 1. The van der Waals surface area contributed by atoms with E-state index >= 15 is 0 Å². The molecule has 142 valence electrons. The molecular formula is C18H22ClNO6. The van der Waals surface area contributed by atoms with E-state index in [2.05, 4.69) is 10.1 Å². The molecular weight excluding hydrogens is 362 g/mol. The van der Waals surface area contributed by atoms with Crippen LogP contribution in [0, 0.1) is 0 Å². The number of hydrogen-bond donors (Lipinski definition) is 1. The molecule has 8 heteroatoms. The van der Waals surface area contributed by atoms with Crippen LogP contribution in [0.5, 0.6) is 5.75 Å². The predicted octanol–water partition coefficient (Wildman–Crippen LogP) is 2.28. The van der Waals surface area contributed by atoms with Crippen molar-refractivity contribution in [3.63, 3.8) is 0 Å². The molecule has 2 rings (SSSR count). The molecule has 0 radical (unpaired) electrons. The Kier molecular flexibility index (Phi) is 7.26. The van der Waals surface area contributed by atoms with Gasteiger partial charge in [0.05, 0.1) is 31.4 Å². The summed E-state index contributed by atoms with van der Waals surface area (Å²) in [6, 6.07) is 3.20. The predicted molar refractivity (Wildman–Crippen MR) is 94.4 cm³/mol. The molecule has 0 aliphatic carbocycles. The van der Waals surface area contributed by atoms with Gasteiger partial charge in [-0.05, 0) is 25.0 Å². The maximum Gasteiger partial charge on any atom is 0.337 e. The van der Waals surface area contributed by atoms with Crippen molar-refractivity contribution in [2.75, 3.05) is 20.8 Å². The van der Waals surface area contributed by atoms with Gasteiger partial charge in [-0.3, -0.25) is 9.59 Å².